The van der Waals surface area contributed by atoms with E-state index in [0.717, 1.165) is 81.7 Å². The number of benzene rings is 6. The number of H-pyrrole nitrogens is 2. The molecule has 0 unspecified atom stereocenters. The molecule has 86 heavy (non-hydrogen) atoms. The minimum atomic E-state index is -4.59. The number of ether oxygens (including phenoxy) is 1. The Hall–Kier alpha value is -10.6. The molecule has 1 fully saturated rings. The lowest BCUT2D eigenvalue weighted by Gasteiger charge is -2.27. The molecule has 442 valence electrons. The molecule has 22 heteroatoms. The summed E-state index contributed by atoms with van der Waals surface area (Å²) in [5, 5.41) is 60.2. The number of nitrogens with zero attached hydrogens (tertiary/aromatic N) is 5. The molecule has 0 radical (unpaired) electrons. The second-order valence-corrected chi connectivity index (χ2v) is 19.2. The summed E-state index contributed by atoms with van der Waals surface area (Å²) in [6.45, 7) is 6.57. The first-order chi connectivity index (χ1) is 41.0. The van der Waals surface area contributed by atoms with E-state index in [4.69, 9.17) is 20.1 Å². The number of nitrogens with one attached hydrogen (secondary N) is 2. The van der Waals surface area contributed by atoms with Crippen LogP contribution in [0.15, 0.2) is 186 Å². The Morgan fingerprint density at radius 3 is 1.73 bits per heavy atom. The van der Waals surface area contributed by atoms with Gasteiger partial charge in [0, 0.05) is 88.3 Å². The molecule has 0 spiro atoms. The van der Waals surface area contributed by atoms with E-state index in [9.17, 15) is 51.3 Å². The zero-order valence-corrected chi connectivity index (χ0v) is 45.9. The van der Waals surface area contributed by atoms with Crippen LogP contribution in [-0.2, 0) is 12.4 Å². The van der Waals surface area contributed by atoms with Crippen molar-refractivity contribution >= 4 is 71.2 Å². The van der Waals surface area contributed by atoms with Gasteiger partial charge >= 0.3 is 12.4 Å². The predicted octanol–water partition coefficient (Wildman–Crippen LogP) is 14.0. The van der Waals surface area contributed by atoms with Gasteiger partial charge in [-0.25, -0.2) is 15.0 Å². The van der Waals surface area contributed by atoms with Crippen LogP contribution in [0.3, 0.4) is 0 Å². The zero-order chi connectivity index (χ0) is 61.7. The number of aromatic hydroxyl groups is 6. The van der Waals surface area contributed by atoms with Crippen molar-refractivity contribution in [3.05, 3.63) is 214 Å². The molecule has 6 aromatic heterocycles. The molecular weight excluding hydrogens is 1120 g/mol. The molecule has 1 saturated heterocycles. The standard InChI is InChI=1S/C14H16N2O.C12H13NO2.C10H6F3NO2.C10H6F3NO.C9H7NO2.C9H7NO/c17-12-6-4-5-11-7-8-13(15-14(11)12)16-9-2-1-3-10-16;1-3-15-11-7-8(2)13-12-9(11)5-4-6-10(12)14;11-10(12,13)7-4-9(16)14-8-3-5(15)1-2-6(7)8;11-10(12,13)8-5-4-6-2-1-3-7(15)9(6)14-8;11-7-3-1-6-2-4-9(12)10-8(6)5-7;11-8-4-3-7-2-1-5-10-9(7)6-8/h4-8,17H,1-3,9-10H2;4-7,14H,3H2,1-2H3;1-4,15H,(H,14,16);1-5,15H;1-5,11H,(H,10,12);1-6,11H. The van der Waals surface area contributed by atoms with Crippen molar-refractivity contribution in [1.82, 2.24) is 29.9 Å². The number of phenols is 6. The Labute approximate surface area is 485 Å². The highest BCUT2D eigenvalue weighted by Crippen LogP contribution is 2.35. The van der Waals surface area contributed by atoms with Gasteiger partial charge < -0.3 is 50.2 Å². The van der Waals surface area contributed by atoms with Crippen LogP contribution in [0.2, 0.25) is 0 Å². The number of pyridine rings is 6. The van der Waals surface area contributed by atoms with E-state index in [1.807, 2.05) is 68.4 Å². The number of hydrogen-bond donors (Lipinski definition) is 8. The van der Waals surface area contributed by atoms with Crippen molar-refractivity contribution in [3.8, 4) is 40.2 Å². The van der Waals surface area contributed by atoms with Gasteiger partial charge in [0.1, 0.15) is 68.3 Å². The lowest BCUT2D eigenvalue weighted by atomic mass is 10.1. The summed E-state index contributed by atoms with van der Waals surface area (Å²) < 4.78 is 80.2. The maximum atomic E-state index is 12.6. The Balaban J connectivity index is 0.000000135. The highest BCUT2D eigenvalue weighted by molar-refractivity contribution is 5.90. The van der Waals surface area contributed by atoms with Crippen LogP contribution in [0, 0.1) is 6.92 Å². The first-order valence-corrected chi connectivity index (χ1v) is 26.6. The molecule has 12 aromatic rings. The van der Waals surface area contributed by atoms with Gasteiger partial charge in [-0.1, -0.05) is 42.5 Å². The SMILES string of the molecule is CCOc1cc(C)nc2c(O)cccc12.O=c1cc(C(F)(F)F)c2ccc(O)cc2[nH]1.O=c1ccc2ccc(O)cc2[nH]1.Oc1ccc2cccnc2c1.Oc1cccc2ccc(C(F)(F)F)nc12.Oc1cccc2ccc(N3CCCCC3)nc12. The topological polar surface area (TPSA) is 251 Å². The molecular formula is C64H55F6N7O9. The van der Waals surface area contributed by atoms with Crippen molar-refractivity contribution < 1.29 is 61.7 Å². The molecule has 0 bridgehead atoms. The number of halogens is 6. The Morgan fingerprint density at radius 2 is 1.07 bits per heavy atom. The van der Waals surface area contributed by atoms with Gasteiger partial charge in [0.15, 0.2) is 0 Å². The molecule has 6 aromatic carbocycles. The van der Waals surface area contributed by atoms with Crippen LogP contribution < -0.4 is 20.8 Å². The predicted molar refractivity (Wildman–Crippen MR) is 318 cm³/mol. The van der Waals surface area contributed by atoms with E-state index < -0.39 is 29.2 Å². The Morgan fingerprint density at radius 1 is 0.512 bits per heavy atom. The van der Waals surface area contributed by atoms with Crippen LogP contribution in [-0.4, -0.2) is 80.2 Å². The Kier molecular flexibility index (Phi) is 19.4. The number of phenolic OH excluding ortho intramolecular Hbond substituents is 6. The molecule has 0 aliphatic carbocycles. The summed E-state index contributed by atoms with van der Waals surface area (Å²) in [6.07, 6.45) is -3.59. The summed E-state index contributed by atoms with van der Waals surface area (Å²) in [5.41, 5.74) is 0.521. The number of piperidine rings is 1. The maximum absolute atomic E-state index is 12.6. The lowest BCUT2D eigenvalue weighted by Crippen LogP contribution is -2.30. The van der Waals surface area contributed by atoms with Crippen LogP contribution in [0.5, 0.6) is 40.2 Å². The minimum Gasteiger partial charge on any atom is -0.508 e. The zero-order valence-electron chi connectivity index (χ0n) is 45.9. The third kappa shape index (κ3) is 15.9. The summed E-state index contributed by atoms with van der Waals surface area (Å²) in [7, 11) is 0. The fourth-order valence-electron chi connectivity index (χ4n) is 8.98. The first kappa shape index (κ1) is 61.4. The molecule has 13 rings (SSSR count). The average Bonchev–Trinajstić information content (AvgIpc) is 2.11. The van der Waals surface area contributed by atoms with Gasteiger partial charge in [-0.3, -0.25) is 14.6 Å². The van der Waals surface area contributed by atoms with E-state index in [1.165, 1.54) is 43.5 Å². The highest BCUT2D eigenvalue weighted by atomic mass is 19.4. The number of hydrogen-bond acceptors (Lipinski definition) is 14. The second kappa shape index (κ2) is 27.2. The fourth-order valence-corrected chi connectivity index (χ4v) is 8.98. The van der Waals surface area contributed by atoms with Crippen molar-refractivity contribution in [2.75, 3.05) is 24.6 Å². The third-order valence-corrected chi connectivity index (χ3v) is 13.0. The first-order valence-electron chi connectivity index (χ1n) is 26.6. The van der Waals surface area contributed by atoms with E-state index in [1.54, 1.807) is 66.9 Å². The fraction of sp³-hybridized carbons (Fsp3) is 0.156. The largest absolute Gasteiger partial charge is 0.508 e. The van der Waals surface area contributed by atoms with Crippen LogP contribution in [0.4, 0.5) is 32.2 Å². The number of aromatic amines is 2. The monoisotopic (exact) mass is 1180 g/mol. The molecule has 16 nitrogen and oxygen atoms in total. The van der Waals surface area contributed by atoms with Crippen molar-refractivity contribution in [1.29, 1.82) is 0 Å². The smallest absolute Gasteiger partial charge is 0.433 e. The van der Waals surface area contributed by atoms with Gasteiger partial charge in [0.05, 0.1) is 28.7 Å². The lowest BCUT2D eigenvalue weighted by molar-refractivity contribution is -0.141. The number of rotatable bonds is 3. The summed E-state index contributed by atoms with van der Waals surface area (Å²) in [6, 6.07) is 44.2. The van der Waals surface area contributed by atoms with Crippen LogP contribution in [0.25, 0.3) is 65.4 Å². The number of para-hydroxylation sites is 3. The van der Waals surface area contributed by atoms with Gasteiger partial charge in [-0.15, -0.1) is 0 Å². The summed E-state index contributed by atoms with van der Waals surface area (Å²) in [5.74, 6) is 2.18. The minimum absolute atomic E-state index is 0.0349. The van der Waals surface area contributed by atoms with E-state index >= 15 is 0 Å². The van der Waals surface area contributed by atoms with E-state index in [0.29, 0.717) is 34.6 Å². The van der Waals surface area contributed by atoms with Gasteiger partial charge in [-0.05, 0) is 129 Å². The molecule has 1 aliphatic rings. The molecule has 0 amide bonds. The summed E-state index contributed by atoms with van der Waals surface area (Å²) in [4.78, 5) is 45.3. The average molecular weight is 1180 g/mol. The quantitative estimate of drug-likeness (QED) is 0.0767. The maximum Gasteiger partial charge on any atom is 0.433 e. The Bertz CT molecular complexity index is 4460. The summed E-state index contributed by atoms with van der Waals surface area (Å²) >= 11 is 0. The van der Waals surface area contributed by atoms with Crippen molar-refractivity contribution in [2.24, 2.45) is 0 Å². The van der Waals surface area contributed by atoms with Crippen LogP contribution in [0.1, 0.15) is 43.1 Å². The number of alkyl halides is 6. The van der Waals surface area contributed by atoms with Gasteiger partial charge in [0.25, 0.3) is 0 Å². The molecule has 1 aliphatic heterocycles. The van der Waals surface area contributed by atoms with E-state index in [-0.39, 0.29) is 56.5 Å². The van der Waals surface area contributed by atoms with Gasteiger partial charge in [0.2, 0.25) is 11.1 Å². The van der Waals surface area contributed by atoms with Crippen molar-refractivity contribution in [3.63, 3.8) is 0 Å². The van der Waals surface area contributed by atoms with E-state index in [2.05, 4.69) is 34.8 Å². The molecule has 0 saturated carbocycles. The molecule has 7 heterocycles. The van der Waals surface area contributed by atoms with Crippen LogP contribution >= 0.6 is 0 Å². The van der Waals surface area contributed by atoms with Gasteiger partial charge in [-0.2, -0.15) is 26.3 Å². The molecule has 0 atom stereocenters. The highest BCUT2D eigenvalue weighted by Gasteiger charge is 2.34. The number of fused-ring (bicyclic) bond motifs is 6. The third-order valence-electron chi connectivity index (χ3n) is 13.0. The normalized spacial score (nSPS) is 12.1. The number of anilines is 1. The second-order valence-electron chi connectivity index (χ2n) is 19.2. The molecule has 8 N–H and O–H groups in total. The van der Waals surface area contributed by atoms with Crippen molar-refractivity contribution in [2.45, 2.75) is 45.5 Å². The number of aromatic nitrogens is 6. The number of aryl methyl sites for hydroxylation is 1.